The molecule has 0 aromatic heterocycles. The van der Waals surface area contributed by atoms with Crippen molar-refractivity contribution in [1.82, 2.24) is 5.32 Å². The minimum atomic E-state index is -1.57. The van der Waals surface area contributed by atoms with Crippen LogP contribution in [0.5, 0.6) is 11.5 Å². The molecule has 4 N–H and O–H groups in total. The van der Waals surface area contributed by atoms with E-state index in [1.165, 1.54) is 24.3 Å². The van der Waals surface area contributed by atoms with Crippen molar-refractivity contribution in [2.75, 3.05) is 26.4 Å². The Balaban J connectivity index is 1.52. The number of carbonyl (C=O) groups excluding carboxylic acids is 2. The van der Waals surface area contributed by atoms with E-state index in [1.807, 2.05) is 0 Å². The van der Waals surface area contributed by atoms with Gasteiger partial charge in [-0.2, -0.15) is 0 Å². The van der Waals surface area contributed by atoms with Crippen LogP contribution in [-0.2, 0) is 19.8 Å². The Hall–Kier alpha value is -3.90. The average molecular weight is 657 g/mol. The van der Waals surface area contributed by atoms with E-state index in [0.29, 0.717) is 12.2 Å². The summed E-state index contributed by atoms with van der Waals surface area (Å²) in [7, 11) is 0. The zero-order valence-electron chi connectivity index (χ0n) is 25.9. The van der Waals surface area contributed by atoms with E-state index in [2.05, 4.69) is 5.32 Å². The number of carbonyl (C=O) groups is 2. The molecule has 1 saturated heterocycles. The molecular formula is C34H38ClFN2O8. The molecule has 3 aromatic carbocycles. The summed E-state index contributed by atoms with van der Waals surface area (Å²) in [6, 6.07) is 14.4. The Kier molecular flexibility index (Phi) is 10.1. The van der Waals surface area contributed by atoms with Crippen molar-refractivity contribution in [2.24, 2.45) is 5.73 Å². The van der Waals surface area contributed by atoms with Crippen LogP contribution >= 0.6 is 11.6 Å². The Labute approximate surface area is 271 Å². The predicted molar refractivity (Wildman–Crippen MR) is 168 cm³/mol. The number of aliphatic hydroxyl groups excluding tert-OH is 1. The Morgan fingerprint density at radius 2 is 1.85 bits per heavy atom. The second-order valence-electron chi connectivity index (χ2n) is 12.1. The van der Waals surface area contributed by atoms with Gasteiger partial charge in [0.15, 0.2) is 23.5 Å². The lowest BCUT2D eigenvalue weighted by Crippen LogP contribution is -2.47. The molecule has 0 saturated carbocycles. The van der Waals surface area contributed by atoms with Crippen molar-refractivity contribution in [3.05, 3.63) is 82.1 Å². The first-order chi connectivity index (χ1) is 21.9. The molecule has 246 valence electrons. The minimum Gasteiger partial charge on any atom is -0.488 e. The third-order valence-electron chi connectivity index (χ3n) is 7.72. The van der Waals surface area contributed by atoms with Gasteiger partial charge in [0.1, 0.15) is 24.1 Å². The molecule has 5 rings (SSSR count). The Bertz CT molecular complexity index is 1580. The summed E-state index contributed by atoms with van der Waals surface area (Å²) in [5, 5.41) is 14.8. The van der Waals surface area contributed by atoms with E-state index in [4.69, 9.17) is 41.0 Å². The number of nitrogens with one attached hydrogen (secondary N) is 1. The molecule has 0 bridgehead atoms. The molecule has 12 heteroatoms. The highest BCUT2D eigenvalue weighted by Crippen LogP contribution is 2.55. The van der Waals surface area contributed by atoms with Gasteiger partial charge in [0.25, 0.3) is 0 Å². The molecule has 46 heavy (non-hydrogen) atoms. The van der Waals surface area contributed by atoms with Crippen molar-refractivity contribution in [3.63, 3.8) is 0 Å². The Morgan fingerprint density at radius 3 is 2.52 bits per heavy atom. The van der Waals surface area contributed by atoms with Crippen molar-refractivity contribution in [3.8, 4) is 22.6 Å². The number of hydrogen-bond donors (Lipinski definition) is 3. The number of aliphatic hydroxyl groups is 1. The summed E-state index contributed by atoms with van der Waals surface area (Å²) < 4.78 is 45.2. The van der Waals surface area contributed by atoms with Gasteiger partial charge < -0.3 is 39.8 Å². The second kappa shape index (κ2) is 13.8. The number of rotatable bonds is 10. The maximum Gasteiger partial charge on any atom is 0.407 e. The first kappa shape index (κ1) is 33.5. The lowest BCUT2D eigenvalue weighted by Gasteiger charge is -2.33. The molecule has 2 heterocycles. The van der Waals surface area contributed by atoms with Crippen molar-refractivity contribution < 1.29 is 42.8 Å². The van der Waals surface area contributed by atoms with Gasteiger partial charge >= 0.3 is 6.09 Å². The van der Waals surface area contributed by atoms with Gasteiger partial charge in [-0.25, -0.2) is 9.18 Å². The summed E-state index contributed by atoms with van der Waals surface area (Å²) in [6.07, 6.45) is 0.191. The van der Waals surface area contributed by atoms with Gasteiger partial charge in [0, 0.05) is 33.9 Å². The minimum absolute atomic E-state index is 0.00495. The van der Waals surface area contributed by atoms with Gasteiger partial charge in [0.2, 0.25) is 5.91 Å². The molecule has 2 amide bonds. The van der Waals surface area contributed by atoms with Gasteiger partial charge in [-0.05, 0) is 64.3 Å². The maximum absolute atomic E-state index is 16.4. The molecular weight excluding hydrogens is 619 g/mol. The van der Waals surface area contributed by atoms with Crippen LogP contribution < -0.4 is 20.5 Å². The summed E-state index contributed by atoms with van der Waals surface area (Å²) in [4.78, 5) is 25.3. The highest BCUT2D eigenvalue weighted by atomic mass is 35.5. The largest absolute Gasteiger partial charge is 0.488 e. The number of nitrogens with two attached hydrogens (primary N) is 1. The fourth-order valence-corrected chi connectivity index (χ4v) is 5.91. The topological polar surface area (TPSA) is 139 Å². The SMILES string of the molecule is CC(C)(C)OC(=O)NCC1(c2ccccc2)Oc2ccc(Cl)c(-c3c(C(N)=O)ccc(OCCOC4CCCCO4)c3F)c2C1O. The molecule has 0 aliphatic carbocycles. The average Bonchev–Trinajstić information content (AvgIpc) is 3.31. The molecule has 3 unspecified atom stereocenters. The van der Waals surface area contributed by atoms with E-state index in [9.17, 15) is 14.7 Å². The maximum atomic E-state index is 16.4. The predicted octanol–water partition coefficient (Wildman–Crippen LogP) is 6.01. The lowest BCUT2D eigenvalue weighted by molar-refractivity contribution is -0.165. The van der Waals surface area contributed by atoms with Crippen LogP contribution in [-0.4, -0.2) is 55.4 Å². The smallest absolute Gasteiger partial charge is 0.407 e. The van der Waals surface area contributed by atoms with Gasteiger partial charge in [-0.15, -0.1) is 0 Å². The molecule has 0 spiro atoms. The van der Waals surface area contributed by atoms with Gasteiger partial charge in [0.05, 0.1) is 18.7 Å². The van der Waals surface area contributed by atoms with Gasteiger partial charge in [-0.1, -0.05) is 41.9 Å². The highest BCUT2D eigenvalue weighted by molar-refractivity contribution is 6.34. The van der Waals surface area contributed by atoms with Crippen LogP contribution in [0.1, 0.15) is 67.6 Å². The van der Waals surface area contributed by atoms with Crippen molar-refractivity contribution >= 4 is 23.6 Å². The van der Waals surface area contributed by atoms with E-state index in [0.717, 1.165) is 19.3 Å². The van der Waals surface area contributed by atoms with Crippen molar-refractivity contribution in [2.45, 2.75) is 63.6 Å². The van der Waals surface area contributed by atoms with Crippen LogP contribution in [0.4, 0.5) is 9.18 Å². The van der Waals surface area contributed by atoms with E-state index >= 15 is 4.39 Å². The number of primary amides is 1. The number of hydrogen-bond acceptors (Lipinski definition) is 8. The van der Waals surface area contributed by atoms with Crippen LogP contribution in [0, 0.1) is 5.82 Å². The summed E-state index contributed by atoms with van der Waals surface area (Å²) >= 11 is 6.71. The fraction of sp³-hybridized carbons (Fsp3) is 0.412. The lowest BCUT2D eigenvalue weighted by atomic mass is 9.83. The van der Waals surface area contributed by atoms with Crippen molar-refractivity contribution in [1.29, 1.82) is 0 Å². The zero-order chi connectivity index (χ0) is 33.1. The molecule has 1 fully saturated rings. The summed E-state index contributed by atoms with van der Waals surface area (Å²) in [5.74, 6) is -1.82. The third-order valence-corrected chi connectivity index (χ3v) is 8.04. The van der Waals surface area contributed by atoms with Crippen LogP contribution in [0.25, 0.3) is 11.1 Å². The molecule has 0 radical (unpaired) electrons. The number of alkyl carbamates (subject to hydrolysis) is 1. The number of ether oxygens (including phenoxy) is 5. The zero-order valence-corrected chi connectivity index (χ0v) is 26.7. The number of benzene rings is 3. The molecule has 2 aliphatic rings. The third kappa shape index (κ3) is 7.07. The van der Waals surface area contributed by atoms with Crippen LogP contribution in [0.2, 0.25) is 5.02 Å². The molecule has 2 aliphatic heterocycles. The normalized spacial score (nSPS) is 20.8. The summed E-state index contributed by atoms with van der Waals surface area (Å²) in [6.45, 7) is 5.74. The first-order valence-electron chi connectivity index (χ1n) is 15.1. The number of amides is 2. The van der Waals surface area contributed by atoms with E-state index in [1.54, 1.807) is 51.1 Å². The van der Waals surface area contributed by atoms with E-state index in [-0.39, 0.29) is 64.8 Å². The monoisotopic (exact) mass is 656 g/mol. The summed E-state index contributed by atoms with van der Waals surface area (Å²) in [5.41, 5.74) is 3.56. The van der Waals surface area contributed by atoms with Crippen LogP contribution in [0.15, 0.2) is 54.6 Å². The molecule has 3 aromatic rings. The molecule has 10 nitrogen and oxygen atoms in total. The standard InChI is InChI=1S/C34H38ClFN2O8/c1-33(2,3)46-32(41)38-19-34(20-9-5-4-6-10-20)30(39)28-23(45-34)15-13-22(35)27(28)26-21(31(37)40)12-14-24(29(26)36)42-17-18-44-25-11-7-8-16-43-25/h4-6,9-10,12-15,25,30,39H,7-8,11,16-19H2,1-3H3,(H2,37,40)(H,38,41). The highest BCUT2D eigenvalue weighted by Gasteiger charge is 2.51. The first-order valence-corrected chi connectivity index (χ1v) is 15.5. The van der Waals surface area contributed by atoms with Gasteiger partial charge in [-0.3, -0.25) is 4.79 Å². The second-order valence-corrected chi connectivity index (χ2v) is 12.5. The van der Waals surface area contributed by atoms with E-state index < -0.39 is 35.1 Å². The number of fused-ring (bicyclic) bond motifs is 1. The van der Waals surface area contributed by atoms with Crippen LogP contribution in [0.3, 0.4) is 0 Å². The molecule has 3 atom stereocenters. The quantitative estimate of drug-likeness (QED) is 0.226. The number of halogens is 2. The Morgan fingerprint density at radius 1 is 1.09 bits per heavy atom. The fourth-order valence-electron chi connectivity index (χ4n) is 5.66.